The van der Waals surface area contributed by atoms with Gasteiger partial charge >= 0.3 is 5.97 Å². The number of unbranched alkanes of at least 4 members (excludes halogenated alkanes) is 1. The number of ether oxygens (including phenoxy) is 1. The Kier molecular flexibility index (Phi) is 4.18. The summed E-state index contributed by atoms with van der Waals surface area (Å²) in [6, 6.07) is 5.01. The van der Waals surface area contributed by atoms with Gasteiger partial charge in [-0.3, -0.25) is 0 Å². The summed E-state index contributed by atoms with van der Waals surface area (Å²) in [5, 5.41) is 9.14. The van der Waals surface area contributed by atoms with Crippen LogP contribution in [0.4, 0.5) is 0 Å². The van der Waals surface area contributed by atoms with Crippen LogP contribution in [-0.2, 0) is 0 Å². The molecular weight excluding hydrogens is 244 g/mol. The number of benzene rings is 1. The van der Waals surface area contributed by atoms with Gasteiger partial charge in [-0.25, -0.2) is 9.78 Å². The van der Waals surface area contributed by atoms with E-state index in [1.165, 1.54) is 0 Å². The van der Waals surface area contributed by atoms with Gasteiger partial charge in [0.05, 0.1) is 18.6 Å². The van der Waals surface area contributed by atoms with E-state index in [1.807, 2.05) is 0 Å². The molecule has 0 bridgehead atoms. The second-order valence-electron chi connectivity index (χ2n) is 4.16. The maximum absolute atomic E-state index is 11.2. The van der Waals surface area contributed by atoms with Crippen LogP contribution < -0.4 is 4.74 Å². The Hall–Kier alpha value is -2.30. The minimum absolute atomic E-state index is 0.181. The van der Waals surface area contributed by atoms with E-state index in [2.05, 4.69) is 11.9 Å². The largest absolute Gasteiger partial charge is 0.493 e. The number of carbonyl (C=O) groups is 1. The first-order chi connectivity index (χ1) is 9.22. The molecule has 19 heavy (non-hydrogen) atoms. The predicted molar refractivity (Wildman–Crippen MR) is 70.9 cm³/mol. The molecule has 0 aliphatic heterocycles. The molecule has 1 heterocycles. The lowest BCUT2D eigenvalue weighted by molar-refractivity contribution is 0.0692. The highest BCUT2D eigenvalue weighted by atomic mass is 16.5. The average molecular weight is 260 g/mol. The summed E-state index contributed by atoms with van der Waals surface area (Å²) in [6.45, 7) is 2.58. The van der Waals surface area contributed by atoms with E-state index < -0.39 is 5.97 Å². The maximum atomic E-state index is 11.2. The van der Waals surface area contributed by atoms with Crippen molar-refractivity contribution in [1.82, 2.24) is 9.55 Å². The van der Waals surface area contributed by atoms with Gasteiger partial charge in [0, 0.05) is 18.5 Å². The summed E-state index contributed by atoms with van der Waals surface area (Å²) in [7, 11) is 0. The van der Waals surface area contributed by atoms with Crippen LogP contribution in [0.2, 0.25) is 0 Å². The number of aromatic nitrogens is 2. The fourth-order valence-corrected chi connectivity index (χ4v) is 1.71. The van der Waals surface area contributed by atoms with Gasteiger partial charge in [-0.1, -0.05) is 13.3 Å². The molecule has 0 atom stereocenters. The third-order valence-corrected chi connectivity index (χ3v) is 2.75. The Balaban J connectivity index is 2.30. The lowest BCUT2D eigenvalue weighted by Crippen LogP contribution is -2.05. The first-order valence-corrected chi connectivity index (χ1v) is 6.21. The van der Waals surface area contributed by atoms with Crippen molar-refractivity contribution in [2.75, 3.05) is 6.61 Å². The highest BCUT2D eigenvalue weighted by Crippen LogP contribution is 2.23. The predicted octanol–water partition coefficient (Wildman–Crippen LogP) is 2.75. The summed E-state index contributed by atoms with van der Waals surface area (Å²) in [4.78, 5) is 15.1. The molecule has 100 valence electrons. The van der Waals surface area contributed by atoms with Gasteiger partial charge < -0.3 is 14.4 Å². The molecule has 2 aromatic rings. The Morgan fingerprint density at radius 3 is 2.95 bits per heavy atom. The minimum atomic E-state index is -0.983. The molecule has 0 unspecified atom stereocenters. The maximum Gasteiger partial charge on any atom is 0.339 e. The third kappa shape index (κ3) is 3.13. The van der Waals surface area contributed by atoms with Crippen molar-refractivity contribution >= 4 is 5.97 Å². The van der Waals surface area contributed by atoms with Crippen molar-refractivity contribution in [3.63, 3.8) is 0 Å². The number of hydrogen-bond donors (Lipinski definition) is 1. The van der Waals surface area contributed by atoms with Gasteiger partial charge in [0.15, 0.2) is 0 Å². The topological polar surface area (TPSA) is 64.4 Å². The number of carboxylic acid groups (broad SMARTS) is 1. The molecule has 0 radical (unpaired) electrons. The van der Waals surface area contributed by atoms with E-state index in [0.717, 1.165) is 18.5 Å². The highest BCUT2D eigenvalue weighted by molar-refractivity contribution is 5.91. The number of hydrogen-bond acceptors (Lipinski definition) is 3. The summed E-state index contributed by atoms with van der Waals surface area (Å²) >= 11 is 0. The zero-order chi connectivity index (χ0) is 13.7. The number of nitrogens with zero attached hydrogens (tertiary/aromatic N) is 2. The van der Waals surface area contributed by atoms with E-state index in [4.69, 9.17) is 9.84 Å². The second-order valence-corrected chi connectivity index (χ2v) is 4.16. The van der Waals surface area contributed by atoms with Gasteiger partial charge in [-0.2, -0.15) is 0 Å². The van der Waals surface area contributed by atoms with Crippen molar-refractivity contribution in [2.45, 2.75) is 19.8 Å². The summed E-state index contributed by atoms with van der Waals surface area (Å²) in [5.41, 5.74) is 1.01. The van der Waals surface area contributed by atoms with Crippen LogP contribution in [0.1, 0.15) is 30.1 Å². The molecule has 0 saturated carbocycles. The van der Waals surface area contributed by atoms with Crippen LogP contribution >= 0.6 is 0 Å². The van der Waals surface area contributed by atoms with Crippen LogP contribution in [-0.4, -0.2) is 27.2 Å². The Bertz CT molecular complexity index is 550. The van der Waals surface area contributed by atoms with Gasteiger partial charge in [-0.05, 0) is 18.6 Å². The van der Waals surface area contributed by atoms with E-state index in [0.29, 0.717) is 12.4 Å². The van der Waals surface area contributed by atoms with Crippen LogP contribution in [0.25, 0.3) is 5.69 Å². The number of rotatable bonds is 6. The molecule has 0 saturated heterocycles. The van der Waals surface area contributed by atoms with Crippen LogP contribution in [0.3, 0.4) is 0 Å². The Morgan fingerprint density at radius 2 is 2.32 bits per heavy atom. The molecule has 0 spiro atoms. The van der Waals surface area contributed by atoms with Gasteiger partial charge in [0.2, 0.25) is 0 Å². The third-order valence-electron chi connectivity index (χ3n) is 2.75. The summed E-state index contributed by atoms with van der Waals surface area (Å²) in [5.74, 6) is -0.587. The smallest absolute Gasteiger partial charge is 0.339 e. The molecule has 0 aliphatic carbocycles. The molecular formula is C14H16N2O3. The number of aromatic carboxylic acids is 1. The SMILES string of the molecule is CCCCOc1cc(-n2ccnc2)ccc1C(=O)O. The van der Waals surface area contributed by atoms with Crippen molar-refractivity contribution in [2.24, 2.45) is 0 Å². The monoisotopic (exact) mass is 260 g/mol. The molecule has 1 aromatic heterocycles. The average Bonchev–Trinajstić information content (AvgIpc) is 2.92. The summed E-state index contributed by atoms with van der Waals surface area (Å²) in [6.07, 6.45) is 7.03. The Morgan fingerprint density at radius 1 is 1.47 bits per heavy atom. The fraction of sp³-hybridized carbons (Fsp3) is 0.286. The quantitative estimate of drug-likeness (QED) is 0.811. The van der Waals surface area contributed by atoms with Gasteiger partial charge in [0.1, 0.15) is 11.3 Å². The molecule has 1 aromatic carbocycles. The van der Waals surface area contributed by atoms with Crippen molar-refractivity contribution in [3.8, 4) is 11.4 Å². The van der Waals surface area contributed by atoms with Crippen LogP contribution in [0, 0.1) is 0 Å². The first kappa shape index (κ1) is 13.1. The standard InChI is InChI=1S/C14H16N2O3/c1-2-3-8-19-13-9-11(16-7-6-15-10-16)4-5-12(13)14(17)18/h4-7,9-10H,2-3,8H2,1H3,(H,17,18). The lowest BCUT2D eigenvalue weighted by atomic mass is 10.2. The van der Waals surface area contributed by atoms with E-state index in [1.54, 1.807) is 41.5 Å². The normalized spacial score (nSPS) is 10.4. The zero-order valence-electron chi connectivity index (χ0n) is 10.7. The van der Waals surface area contributed by atoms with Gasteiger partial charge in [0.25, 0.3) is 0 Å². The lowest BCUT2D eigenvalue weighted by Gasteiger charge is -2.11. The number of imidazole rings is 1. The van der Waals surface area contributed by atoms with E-state index in [9.17, 15) is 4.79 Å². The highest BCUT2D eigenvalue weighted by Gasteiger charge is 2.12. The molecule has 1 N–H and O–H groups in total. The Labute approximate surface area is 111 Å². The molecule has 0 amide bonds. The molecule has 5 nitrogen and oxygen atoms in total. The molecule has 5 heteroatoms. The fourth-order valence-electron chi connectivity index (χ4n) is 1.71. The second kappa shape index (κ2) is 6.04. The van der Waals surface area contributed by atoms with E-state index in [-0.39, 0.29) is 5.56 Å². The zero-order valence-corrected chi connectivity index (χ0v) is 10.7. The van der Waals surface area contributed by atoms with Crippen LogP contribution in [0.15, 0.2) is 36.9 Å². The van der Waals surface area contributed by atoms with Crippen molar-refractivity contribution in [3.05, 3.63) is 42.5 Å². The van der Waals surface area contributed by atoms with Gasteiger partial charge in [-0.15, -0.1) is 0 Å². The van der Waals surface area contributed by atoms with Crippen molar-refractivity contribution in [1.29, 1.82) is 0 Å². The minimum Gasteiger partial charge on any atom is -0.493 e. The molecule has 0 aliphatic rings. The van der Waals surface area contributed by atoms with Crippen molar-refractivity contribution < 1.29 is 14.6 Å². The van der Waals surface area contributed by atoms with Crippen LogP contribution in [0.5, 0.6) is 5.75 Å². The first-order valence-electron chi connectivity index (χ1n) is 6.21. The number of carboxylic acids is 1. The van der Waals surface area contributed by atoms with E-state index >= 15 is 0 Å². The molecule has 2 rings (SSSR count). The summed E-state index contributed by atoms with van der Waals surface area (Å²) < 4.78 is 7.37. The molecule has 0 fully saturated rings.